The maximum Gasteiger partial charge on any atom is 0.254 e. The van der Waals surface area contributed by atoms with Crippen molar-refractivity contribution in [3.05, 3.63) is 0 Å². The summed E-state index contributed by atoms with van der Waals surface area (Å²) < 4.78 is 36.7. The first-order chi connectivity index (χ1) is 3.84. The van der Waals surface area contributed by atoms with Gasteiger partial charge < -0.3 is 0 Å². The van der Waals surface area contributed by atoms with Gasteiger partial charge in [0.1, 0.15) is 5.67 Å². The number of rotatable bonds is 1. The number of hydrogen-bond acceptors (Lipinski definition) is 0. The Bertz CT molecular complexity index is 123. The average molecular weight is 138 g/mol. The summed E-state index contributed by atoms with van der Waals surface area (Å²) in [7, 11) is 0. The highest BCUT2D eigenvalue weighted by Crippen LogP contribution is 2.55. The van der Waals surface area contributed by atoms with E-state index in [4.69, 9.17) is 0 Å². The van der Waals surface area contributed by atoms with Gasteiger partial charge in [-0.25, -0.2) is 13.2 Å². The summed E-state index contributed by atoms with van der Waals surface area (Å²) in [5.74, 6) is -3.76. The van der Waals surface area contributed by atoms with Crippen molar-refractivity contribution < 1.29 is 13.2 Å². The second-order valence-corrected chi connectivity index (χ2v) is 3.08. The van der Waals surface area contributed by atoms with Crippen LogP contribution in [0.5, 0.6) is 0 Å². The predicted octanol–water partition coefficient (Wildman–Crippen LogP) is 2.39. The maximum absolute atomic E-state index is 12.6. The molecule has 3 heteroatoms. The lowest BCUT2D eigenvalue weighted by molar-refractivity contribution is 0.0493. The van der Waals surface area contributed by atoms with E-state index in [9.17, 15) is 13.2 Å². The van der Waals surface area contributed by atoms with Gasteiger partial charge in [-0.15, -0.1) is 0 Å². The van der Waals surface area contributed by atoms with Gasteiger partial charge in [0, 0.05) is 6.42 Å². The second kappa shape index (κ2) is 1.44. The van der Waals surface area contributed by atoms with Crippen molar-refractivity contribution in [3.8, 4) is 0 Å². The quantitative estimate of drug-likeness (QED) is 0.522. The Balaban J connectivity index is 2.52. The molecule has 0 amide bonds. The normalized spacial score (nSPS) is 32.3. The van der Waals surface area contributed by atoms with Gasteiger partial charge >= 0.3 is 0 Å². The lowest BCUT2D eigenvalue weighted by Gasteiger charge is -2.11. The Kier molecular flexibility index (Phi) is 1.10. The third kappa shape index (κ3) is 1.19. The fraction of sp³-hybridized carbons (Fsp3) is 1.00. The molecule has 0 aromatic rings. The Morgan fingerprint density at radius 3 is 1.78 bits per heavy atom. The van der Waals surface area contributed by atoms with E-state index in [0.717, 1.165) is 0 Å². The topological polar surface area (TPSA) is 0 Å². The number of halogens is 3. The third-order valence-electron chi connectivity index (χ3n) is 1.65. The molecule has 9 heavy (non-hydrogen) atoms. The lowest BCUT2D eigenvalue weighted by atomic mass is 10.1. The third-order valence-corrected chi connectivity index (χ3v) is 1.65. The smallest absolute Gasteiger partial charge is 0.244 e. The predicted molar refractivity (Wildman–Crippen MR) is 28.2 cm³/mol. The molecule has 0 radical (unpaired) electrons. The molecule has 0 aromatic carbocycles. The number of alkyl halides is 3. The molecule has 0 N–H and O–H groups in total. The molecule has 0 nitrogen and oxygen atoms in total. The molecule has 1 aliphatic rings. The van der Waals surface area contributed by atoms with Crippen molar-refractivity contribution in [1.82, 2.24) is 0 Å². The van der Waals surface area contributed by atoms with E-state index in [1.54, 1.807) is 0 Å². The van der Waals surface area contributed by atoms with E-state index in [1.165, 1.54) is 13.8 Å². The van der Waals surface area contributed by atoms with Gasteiger partial charge in [-0.05, 0) is 13.8 Å². The van der Waals surface area contributed by atoms with Crippen molar-refractivity contribution in [2.24, 2.45) is 5.92 Å². The summed E-state index contributed by atoms with van der Waals surface area (Å²) >= 11 is 0. The van der Waals surface area contributed by atoms with Gasteiger partial charge in [-0.2, -0.15) is 0 Å². The fourth-order valence-corrected chi connectivity index (χ4v) is 0.958. The van der Waals surface area contributed by atoms with Gasteiger partial charge in [0.05, 0.1) is 5.92 Å². The van der Waals surface area contributed by atoms with E-state index < -0.39 is 17.5 Å². The largest absolute Gasteiger partial charge is 0.254 e. The van der Waals surface area contributed by atoms with Gasteiger partial charge in [-0.3, -0.25) is 0 Å². The van der Waals surface area contributed by atoms with Crippen molar-refractivity contribution in [3.63, 3.8) is 0 Å². The minimum absolute atomic E-state index is 0.281. The summed E-state index contributed by atoms with van der Waals surface area (Å²) in [5.41, 5.74) is -1.70. The Morgan fingerprint density at radius 2 is 1.78 bits per heavy atom. The summed E-state index contributed by atoms with van der Waals surface area (Å²) in [6, 6.07) is 0. The standard InChI is InChI=1S/C6H9F3/c1-5(2,7)4-3-6(4,8)9/h4H,3H2,1-2H3. The molecule has 0 aliphatic heterocycles. The van der Waals surface area contributed by atoms with E-state index in [2.05, 4.69) is 0 Å². The minimum Gasteiger partial charge on any atom is -0.244 e. The molecule has 1 rings (SSSR count). The molecule has 1 fully saturated rings. The van der Waals surface area contributed by atoms with E-state index in [0.29, 0.717) is 0 Å². The van der Waals surface area contributed by atoms with Crippen LogP contribution in [0.25, 0.3) is 0 Å². The Hall–Kier alpha value is -0.210. The molecule has 0 saturated heterocycles. The molecule has 0 aromatic heterocycles. The van der Waals surface area contributed by atoms with Crippen LogP contribution in [0.3, 0.4) is 0 Å². The molecule has 1 aliphatic carbocycles. The molecule has 1 atom stereocenters. The van der Waals surface area contributed by atoms with Crippen LogP contribution in [0.1, 0.15) is 20.3 Å². The Labute approximate surface area is 52.1 Å². The zero-order valence-electron chi connectivity index (χ0n) is 5.42. The van der Waals surface area contributed by atoms with Crippen molar-refractivity contribution >= 4 is 0 Å². The zero-order valence-corrected chi connectivity index (χ0v) is 5.42. The van der Waals surface area contributed by atoms with Crippen LogP contribution in [0, 0.1) is 5.92 Å². The molecular formula is C6H9F3. The average Bonchev–Trinajstić information content (AvgIpc) is 2.10. The second-order valence-electron chi connectivity index (χ2n) is 3.08. The summed E-state index contributed by atoms with van der Waals surface area (Å²) in [6.45, 7) is 2.39. The highest BCUT2D eigenvalue weighted by molar-refractivity contribution is 5.03. The summed E-state index contributed by atoms with van der Waals surface area (Å²) in [4.78, 5) is 0. The molecule has 1 unspecified atom stereocenters. The Morgan fingerprint density at radius 1 is 1.44 bits per heavy atom. The van der Waals surface area contributed by atoms with Crippen LogP contribution in [0.2, 0.25) is 0 Å². The molecule has 0 bridgehead atoms. The molecule has 54 valence electrons. The van der Waals surface area contributed by atoms with E-state index in [-0.39, 0.29) is 6.42 Å². The molecule has 0 heterocycles. The summed E-state index contributed by atoms with van der Waals surface area (Å²) in [5, 5.41) is 0. The van der Waals surface area contributed by atoms with Crippen LogP contribution in [-0.2, 0) is 0 Å². The van der Waals surface area contributed by atoms with E-state index in [1.807, 2.05) is 0 Å². The molecular weight excluding hydrogens is 129 g/mol. The van der Waals surface area contributed by atoms with Gasteiger partial charge in [0.15, 0.2) is 0 Å². The van der Waals surface area contributed by atoms with Crippen LogP contribution in [0.15, 0.2) is 0 Å². The first-order valence-electron chi connectivity index (χ1n) is 2.91. The van der Waals surface area contributed by atoms with Crippen molar-refractivity contribution in [2.45, 2.75) is 31.9 Å². The first kappa shape index (κ1) is 6.90. The molecule has 0 spiro atoms. The fourth-order valence-electron chi connectivity index (χ4n) is 0.958. The van der Waals surface area contributed by atoms with Gasteiger partial charge in [-0.1, -0.05) is 0 Å². The monoisotopic (exact) mass is 138 g/mol. The number of hydrogen-bond donors (Lipinski definition) is 0. The minimum atomic E-state index is -2.72. The van der Waals surface area contributed by atoms with Crippen LogP contribution in [0.4, 0.5) is 13.2 Å². The zero-order chi connectivity index (χ0) is 7.28. The SMILES string of the molecule is CC(C)(F)C1CC1(F)F. The van der Waals surface area contributed by atoms with Crippen molar-refractivity contribution in [2.75, 3.05) is 0 Å². The summed E-state index contributed by atoms with van der Waals surface area (Å²) in [6.07, 6.45) is -0.281. The van der Waals surface area contributed by atoms with Gasteiger partial charge in [0.25, 0.3) is 5.92 Å². The van der Waals surface area contributed by atoms with Gasteiger partial charge in [0.2, 0.25) is 0 Å². The first-order valence-corrected chi connectivity index (χ1v) is 2.91. The maximum atomic E-state index is 12.6. The lowest BCUT2D eigenvalue weighted by Crippen LogP contribution is -2.19. The van der Waals surface area contributed by atoms with Crippen molar-refractivity contribution in [1.29, 1.82) is 0 Å². The van der Waals surface area contributed by atoms with Crippen LogP contribution < -0.4 is 0 Å². The molecule has 1 saturated carbocycles. The van der Waals surface area contributed by atoms with Crippen LogP contribution in [-0.4, -0.2) is 11.6 Å². The van der Waals surface area contributed by atoms with E-state index >= 15 is 0 Å². The highest BCUT2D eigenvalue weighted by atomic mass is 19.3. The van der Waals surface area contributed by atoms with Crippen LogP contribution >= 0.6 is 0 Å². The highest BCUT2D eigenvalue weighted by Gasteiger charge is 2.64.